The maximum absolute atomic E-state index is 11.7. The first-order valence-corrected chi connectivity index (χ1v) is 8.88. The number of carbonyl (C=O) groups excluding carboxylic acids is 1. The van der Waals surface area contributed by atoms with E-state index >= 15 is 0 Å². The Labute approximate surface area is 152 Å². The predicted molar refractivity (Wildman–Crippen MR) is 102 cm³/mol. The molecule has 0 saturated carbocycles. The van der Waals surface area contributed by atoms with Crippen molar-refractivity contribution in [3.8, 4) is 11.4 Å². The van der Waals surface area contributed by atoms with Crippen molar-refractivity contribution in [1.29, 1.82) is 0 Å². The van der Waals surface area contributed by atoms with Crippen molar-refractivity contribution < 1.29 is 4.79 Å². The van der Waals surface area contributed by atoms with E-state index in [1.54, 1.807) is 18.6 Å². The van der Waals surface area contributed by atoms with E-state index in [4.69, 9.17) is 4.98 Å². The van der Waals surface area contributed by atoms with Crippen LogP contribution in [0.15, 0.2) is 42.9 Å². The molecule has 3 rings (SSSR count). The van der Waals surface area contributed by atoms with Crippen LogP contribution in [0.1, 0.15) is 20.3 Å². The van der Waals surface area contributed by atoms with E-state index in [0.29, 0.717) is 19.0 Å². The summed E-state index contributed by atoms with van der Waals surface area (Å²) < 4.78 is 2.10. The molecule has 0 aromatic carbocycles. The minimum atomic E-state index is -0.123. The topological polar surface area (TPSA) is 84.7 Å². The van der Waals surface area contributed by atoms with Gasteiger partial charge in [-0.1, -0.05) is 13.8 Å². The van der Waals surface area contributed by atoms with E-state index in [1.165, 1.54) is 0 Å². The number of carbonyl (C=O) groups is 1. The SMILES string of the molecule is CC(C)CNC(=O)NCCCn1c(-c2ccncc2)nc2cccnc21. The number of aromatic nitrogens is 4. The maximum Gasteiger partial charge on any atom is 0.314 e. The van der Waals surface area contributed by atoms with E-state index in [-0.39, 0.29) is 6.03 Å². The summed E-state index contributed by atoms with van der Waals surface area (Å²) in [5.41, 5.74) is 2.71. The molecule has 0 atom stereocenters. The molecule has 0 bridgehead atoms. The summed E-state index contributed by atoms with van der Waals surface area (Å²) in [5, 5.41) is 5.75. The number of hydrogen-bond donors (Lipinski definition) is 2. The van der Waals surface area contributed by atoms with E-state index in [9.17, 15) is 4.79 Å². The lowest BCUT2D eigenvalue weighted by Gasteiger charge is -2.11. The first kappa shape index (κ1) is 17.8. The van der Waals surface area contributed by atoms with Gasteiger partial charge in [-0.15, -0.1) is 0 Å². The Balaban J connectivity index is 1.68. The minimum absolute atomic E-state index is 0.123. The van der Waals surface area contributed by atoms with Crippen LogP contribution >= 0.6 is 0 Å². The third-order valence-corrected chi connectivity index (χ3v) is 3.96. The summed E-state index contributed by atoms with van der Waals surface area (Å²) >= 11 is 0. The van der Waals surface area contributed by atoms with Gasteiger partial charge in [0.1, 0.15) is 11.3 Å². The van der Waals surface area contributed by atoms with Crippen LogP contribution < -0.4 is 10.6 Å². The second kappa shape index (κ2) is 8.42. The Morgan fingerprint density at radius 1 is 1.15 bits per heavy atom. The van der Waals surface area contributed by atoms with Crippen LogP contribution in [0.3, 0.4) is 0 Å². The number of fused-ring (bicyclic) bond motifs is 1. The first-order valence-electron chi connectivity index (χ1n) is 8.88. The zero-order valence-electron chi connectivity index (χ0n) is 15.1. The zero-order valence-corrected chi connectivity index (χ0v) is 15.1. The lowest BCUT2D eigenvalue weighted by atomic mass is 10.2. The van der Waals surface area contributed by atoms with Crippen LogP contribution in [0.4, 0.5) is 4.79 Å². The predicted octanol–water partition coefficient (Wildman–Crippen LogP) is 2.84. The maximum atomic E-state index is 11.7. The molecule has 0 unspecified atom stereocenters. The highest BCUT2D eigenvalue weighted by Gasteiger charge is 2.13. The van der Waals surface area contributed by atoms with Gasteiger partial charge in [0.2, 0.25) is 0 Å². The van der Waals surface area contributed by atoms with Gasteiger partial charge in [-0.2, -0.15) is 0 Å². The third-order valence-electron chi connectivity index (χ3n) is 3.96. The summed E-state index contributed by atoms with van der Waals surface area (Å²) in [7, 11) is 0. The molecule has 0 aliphatic carbocycles. The standard InChI is InChI=1S/C19H24N6O/c1-14(2)13-23-19(26)22-9-4-12-25-17(15-6-10-20-11-7-15)24-16-5-3-8-21-18(16)25/h3,5-8,10-11,14H,4,9,12-13H2,1-2H3,(H2,22,23,26). The van der Waals surface area contributed by atoms with Crippen LogP contribution in [0.5, 0.6) is 0 Å². The average Bonchev–Trinajstić information content (AvgIpc) is 3.03. The number of aryl methyl sites for hydroxylation is 1. The lowest BCUT2D eigenvalue weighted by Crippen LogP contribution is -2.38. The van der Waals surface area contributed by atoms with E-state index < -0.39 is 0 Å². The summed E-state index contributed by atoms with van der Waals surface area (Å²) in [6.45, 7) is 6.12. The fraction of sp³-hybridized carbons (Fsp3) is 0.368. The molecule has 0 radical (unpaired) electrons. The van der Waals surface area contributed by atoms with Crippen molar-refractivity contribution in [2.45, 2.75) is 26.8 Å². The number of nitrogens with one attached hydrogen (secondary N) is 2. The Morgan fingerprint density at radius 2 is 1.96 bits per heavy atom. The highest BCUT2D eigenvalue weighted by Crippen LogP contribution is 2.23. The third kappa shape index (κ3) is 4.36. The van der Waals surface area contributed by atoms with Crippen LogP contribution in [-0.2, 0) is 6.54 Å². The van der Waals surface area contributed by atoms with Gasteiger partial charge in [0.15, 0.2) is 5.65 Å². The fourth-order valence-corrected chi connectivity index (χ4v) is 2.69. The number of imidazole rings is 1. The molecule has 136 valence electrons. The highest BCUT2D eigenvalue weighted by atomic mass is 16.2. The number of pyridine rings is 2. The summed E-state index contributed by atoms with van der Waals surface area (Å²) in [4.78, 5) is 25.0. The molecule has 2 amide bonds. The molecule has 0 aliphatic heterocycles. The normalized spacial score (nSPS) is 11.0. The van der Waals surface area contributed by atoms with Gasteiger partial charge in [0.05, 0.1) is 0 Å². The quantitative estimate of drug-likeness (QED) is 0.640. The molecule has 2 N–H and O–H groups in total. The highest BCUT2D eigenvalue weighted by molar-refractivity contribution is 5.77. The van der Waals surface area contributed by atoms with Crippen LogP contribution in [0, 0.1) is 5.92 Å². The molecular weight excluding hydrogens is 328 g/mol. The monoisotopic (exact) mass is 352 g/mol. The average molecular weight is 352 g/mol. The van der Waals surface area contributed by atoms with Crippen LogP contribution in [0.2, 0.25) is 0 Å². The molecule has 0 fully saturated rings. The van der Waals surface area contributed by atoms with Crippen LogP contribution in [-0.4, -0.2) is 38.6 Å². The number of nitrogens with zero attached hydrogens (tertiary/aromatic N) is 4. The Hall–Kier alpha value is -2.96. The van der Waals surface area contributed by atoms with Crippen molar-refractivity contribution in [2.75, 3.05) is 13.1 Å². The molecular formula is C19H24N6O. The number of hydrogen-bond acceptors (Lipinski definition) is 4. The summed E-state index contributed by atoms with van der Waals surface area (Å²) in [6, 6.07) is 7.60. The molecule has 7 nitrogen and oxygen atoms in total. The lowest BCUT2D eigenvalue weighted by molar-refractivity contribution is 0.239. The van der Waals surface area contributed by atoms with Gasteiger partial charge in [-0.05, 0) is 36.6 Å². The van der Waals surface area contributed by atoms with Gasteiger partial charge in [-0.3, -0.25) is 4.98 Å². The van der Waals surface area contributed by atoms with E-state index in [2.05, 4.69) is 39.0 Å². The minimum Gasteiger partial charge on any atom is -0.338 e. The van der Waals surface area contributed by atoms with Crippen molar-refractivity contribution in [3.05, 3.63) is 42.9 Å². The Morgan fingerprint density at radius 3 is 2.73 bits per heavy atom. The molecule has 26 heavy (non-hydrogen) atoms. The number of amides is 2. The number of rotatable bonds is 7. The fourth-order valence-electron chi connectivity index (χ4n) is 2.69. The second-order valence-corrected chi connectivity index (χ2v) is 6.55. The molecule has 0 spiro atoms. The zero-order chi connectivity index (χ0) is 18.4. The van der Waals surface area contributed by atoms with Crippen molar-refractivity contribution in [3.63, 3.8) is 0 Å². The van der Waals surface area contributed by atoms with Crippen LogP contribution in [0.25, 0.3) is 22.6 Å². The summed E-state index contributed by atoms with van der Waals surface area (Å²) in [5.74, 6) is 1.30. The number of urea groups is 1. The van der Waals surface area contributed by atoms with Gasteiger partial charge in [0, 0.05) is 43.8 Å². The molecule has 3 aromatic rings. The molecule has 0 aliphatic rings. The molecule has 7 heteroatoms. The molecule has 0 saturated heterocycles. The molecule has 3 heterocycles. The summed E-state index contributed by atoms with van der Waals surface area (Å²) in [6.07, 6.45) is 6.07. The Kier molecular flexibility index (Phi) is 5.78. The second-order valence-electron chi connectivity index (χ2n) is 6.55. The van der Waals surface area contributed by atoms with Gasteiger partial charge < -0.3 is 15.2 Å². The van der Waals surface area contributed by atoms with Gasteiger partial charge in [0.25, 0.3) is 0 Å². The van der Waals surface area contributed by atoms with E-state index in [1.807, 2.05) is 24.3 Å². The first-order chi connectivity index (χ1) is 12.6. The van der Waals surface area contributed by atoms with Crippen molar-refractivity contribution in [1.82, 2.24) is 30.2 Å². The Bertz CT molecular complexity index is 859. The smallest absolute Gasteiger partial charge is 0.314 e. The van der Waals surface area contributed by atoms with E-state index in [0.717, 1.165) is 35.5 Å². The van der Waals surface area contributed by atoms with Crippen molar-refractivity contribution >= 4 is 17.2 Å². The van der Waals surface area contributed by atoms with Gasteiger partial charge >= 0.3 is 6.03 Å². The molecule has 3 aromatic heterocycles. The van der Waals surface area contributed by atoms with Crippen molar-refractivity contribution in [2.24, 2.45) is 5.92 Å². The van der Waals surface area contributed by atoms with Gasteiger partial charge in [-0.25, -0.2) is 14.8 Å². The largest absolute Gasteiger partial charge is 0.338 e.